The molecule has 1 N–H and O–H groups in total. The Labute approximate surface area is 107 Å². The second-order valence-electron chi connectivity index (χ2n) is 4.70. The van der Waals surface area contributed by atoms with Crippen molar-refractivity contribution < 1.29 is 5.11 Å². The highest BCUT2D eigenvalue weighted by atomic mass is 32.1. The zero-order chi connectivity index (χ0) is 12.3. The summed E-state index contributed by atoms with van der Waals surface area (Å²) in [5, 5.41) is 11.1. The van der Waals surface area contributed by atoms with Gasteiger partial charge in [-0.2, -0.15) is 0 Å². The third-order valence-electron chi connectivity index (χ3n) is 3.17. The summed E-state index contributed by atoms with van der Waals surface area (Å²) >= 11 is 1.70. The van der Waals surface area contributed by atoms with Crippen molar-refractivity contribution >= 4 is 16.5 Å². The number of hydrogen-bond acceptors (Lipinski definition) is 4. The van der Waals surface area contributed by atoms with E-state index in [1.165, 1.54) is 0 Å². The standard InChI is InChI=1S/C13H22N2OS/c1-3-8-15(9-4-2)13-14-10-6-5-7-11(16)12(10)17-13/h11,16H,3-9H2,1-2H3. The molecule has 1 aliphatic carbocycles. The molecule has 2 rings (SSSR count). The van der Waals surface area contributed by atoms with Crippen molar-refractivity contribution in [2.24, 2.45) is 0 Å². The SMILES string of the molecule is CCCN(CCC)c1nc2c(s1)C(O)CCC2. The number of hydrogen-bond donors (Lipinski definition) is 1. The highest BCUT2D eigenvalue weighted by molar-refractivity contribution is 7.15. The Morgan fingerprint density at radius 2 is 2.06 bits per heavy atom. The first-order valence-corrected chi connectivity index (χ1v) is 7.50. The normalized spacial score (nSPS) is 19.1. The zero-order valence-electron chi connectivity index (χ0n) is 10.8. The van der Waals surface area contributed by atoms with E-state index in [1.807, 2.05) is 0 Å². The van der Waals surface area contributed by atoms with Crippen molar-refractivity contribution in [3.63, 3.8) is 0 Å². The molecule has 0 fully saturated rings. The van der Waals surface area contributed by atoms with Crippen molar-refractivity contribution in [1.29, 1.82) is 0 Å². The van der Waals surface area contributed by atoms with Crippen molar-refractivity contribution in [3.05, 3.63) is 10.6 Å². The summed E-state index contributed by atoms with van der Waals surface area (Å²) in [6.45, 7) is 6.53. The van der Waals surface area contributed by atoms with E-state index in [2.05, 4.69) is 18.7 Å². The highest BCUT2D eigenvalue weighted by Gasteiger charge is 2.24. The predicted molar refractivity (Wildman–Crippen MR) is 72.8 cm³/mol. The van der Waals surface area contributed by atoms with Crippen LogP contribution in [0.1, 0.15) is 56.2 Å². The molecule has 1 unspecified atom stereocenters. The summed E-state index contributed by atoms with van der Waals surface area (Å²) in [5.74, 6) is 0. The molecule has 0 saturated heterocycles. The fraction of sp³-hybridized carbons (Fsp3) is 0.769. The molecule has 1 heterocycles. The molecule has 1 aromatic heterocycles. The maximum atomic E-state index is 9.97. The lowest BCUT2D eigenvalue weighted by molar-refractivity contribution is 0.160. The smallest absolute Gasteiger partial charge is 0.185 e. The lowest BCUT2D eigenvalue weighted by atomic mass is 10.0. The van der Waals surface area contributed by atoms with Crippen molar-refractivity contribution in [1.82, 2.24) is 4.98 Å². The van der Waals surface area contributed by atoms with Gasteiger partial charge in [-0.25, -0.2) is 4.98 Å². The molecule has 0 saturated carbocycles. The summed E-state index contributed by atoms with van der Waals surface area (Å²) < 4.78 is 0. The molecule has 0 spiro atoms. The van der Waals surface area contributed by atoms with Gasteiger partial charge in [0.15, 0.2) is 5.13 Å². The molecular weight excluding hydrogens is 232 g/mol. The Morgan fingerprint density at radius 3 is 2.65 bits per heavy atom. The highest BCUT2D eigenvalue weighted by Crippen LogP contribution is 2.37. The molecule has 0 radical (unpaired) electrons. The Kier molecular flexibility index (Phi) is 4.40. The molecule has 0 aliphatic heterocycles. The van der Waals surface area contributed by atoms with Crippen molar-refractivity contribution in [2.75, 3.05) is 18.0 Å². The third-order valence-corrected chi connectivity index (χ3v) is 4.43. The van der Waals surface area contributed by atoms with Crippen LogP contribution in [0.15, 0.2) is 0 Å². The van der Waals surface area contributed by atoms with Crippen LogP contribution in [0.3, 0.4) is 0 Å². The summed E-state index contributed by atoms with van der Waals surface area (Å²) in [5.41, 5.74) is 1.14. The van der Waals surface area contributed by atoms with Gasteiger partial charge in [-0.3, -0.25) is 0 Å². The minimum atomic E-state index is -0.268. The topological polar surface area (TPSA) is 36.4 Å². The van der Waals surface area contributed by atoms with E-state index >= 15 is 0 Å². The van der Waals surface area contributed by atoms with Gasteiger partial charge in [-0.05, 0) is 32.1 Å². The monoisotopic (exact) mass is 254 g/mol. The first kappa shape index (κ1) is 12.8. The summed E-state index contributed by atoms with van der Waals surface area (Å²) in [6, 6.07) is 0. The zero-order valence-corrected chi connectivity index (χ0v) is 11.6. The van der Waals surface area contributed by atoms with E-state index in [9.17, 15) is 5.11 Å². The van der Waals surface area contributed by atoms with Crippen LogP contribution in [0, 0.1) is 0 Å². The molecule has 17 heavy (non-hydrogen) atoms. The van der Waals surface area contributed by atoms with E-state index in [-0.39, 0.29) is 6.10 Å². The average molecular weight is 254 g/mol. The fourth-order valence-electron chi connectivity index (χ4n) is 2.36. The number of fused-ring (bicyclic) bond motifs is 1. The van der Waals surface area contributed by atoms with Crippen LogP contribution in [0.25, 0.3) is 0 Å². The number of aromatic nitrogens is 1. The number of aliphatic hydroxyl groups is 1. The van der Waals surface area contributed by atoms with Gasteiger partial charge in [0.25, 0.3) is 0 Å². The molecule has 4 heteroatoms. The molecule has 0 amide bonds. The van der Waals surface area contributed by atoms with Gasteiger partial charge in [0, 0.05) is 13.1 Å². The Bertz CT molecular complexity index is 358. The number of aliphatic hydroxyl groups excluding tert-OH is 1. The van der Waals surface area contributed by atoms with E-state index < -0.39 is 0 Å². The van der Waals surface area contributed by atoms with Gasteiger partial charge in [-0.1, -0.05) is 25.2 Å². The first-order valence-electron chi connectivity index (χ1n) is 6.68. The van der Waals surface area contributed by atoms with Crippen LogP contribution in [-0.2, 0) is 6.42 Å². The minimum absolute atomic E-state index is 0.268. The van der Waals surface area contributed by atoms with Crippen LogP contribution in [0.5, 0.6) is 0 Å². The van der Waals surface area contributed by atoms with E-state index in [0.717, 1.165) is 60.9 Å². The molecule has 1 aromatic rings. The van der Waals surface area contributed by atoms with Gasteiger partial charge in [0.2, 0.25) is 0 Å². The van der Waals surface area contributed by atoms with Crippen LogP contribution < -0.4 is 4.90 Å². The maximum absolute atomic E-state index is 9.97. The van der Waals surface area contributed by atoms with Gasteiger partial charge in [0.1, 0.15) is 0 Å². The quantitative estimate of drug-likeness (QED) is 0.877. The predicted octanol–water partition coefficient (Wildman–Crippen LogP) is 3.14. The van der Waals surface area contributed by atoms with Crippen LogP contribution >= 0.6 is 11.3 Å². The molecule has 3 nitrogen and oxygen atoms in total. The van der Waals surface area contributed by atoms with Crippen LogP contribution in [0.2, 0.25) is 0 Å². The lowest BCUT2D eigenvalue weighted by Gasteiger charge is -2.19. The van der Waals surface area contributed by atoms with E-state index in [4.69, 9.17) is 4.98 Å². The van der Waals surface area contributed by atoms with Gasteiger partial charge in [-0.15, -0.1) is 0 Å². The molecule has 1 atom stereocenters. The van der Waals surface area contributed by atoms with Gasteiger partial charge in [0.05, 0.1) is 16.7 Å². The number of anilines is 1. The number of aryl methyl sites for hydroxylation is 1. The minimum Gasteiger partial charge on any atom is -0.388 e. The molecule has 0 bridgehead atoms. The number of rotatable bonds is 5. The average Bonchev–Trinajstić information content (AvgIpc) is 2.74. The van der Waals surface area contributed by atoms with Crippen molar-refractivity contribution in [3.8, 4) is 0 Å². The second kappa shape index (κ2) is 5.83. The largest absolute Gasteiger partial charge is 0.388 e. The van der Waals surface area contributed by atoms with Crippen LogP contribution in [0.4, 0.5) is 5.13 Å². The molecule has 0 aromatic carbocycles. The second-order valence-corrected chi connectivity index (χ2v) is 5.71. The number of thiazole rings is 1. The summed E-state index contributed by atoms with van der Waals surface area (Å²) in [7, 11) is 0. The van der Waals surface area contributed by atoms with Gasteiger partial charge >= 0.3 is 0 Å². The van der Waals surface area contributed by atoms with E-state index in [0.29, 0.717) is 0 Å². The number of nitrogens with zero attached hydrogens (tertiary/aromatic N) is 2. The first-order chi connectivity index (χ1) is 8.26. The fourth-order valence-corrected chi connectivity index (χ4v) is 3.55. The molecule has 1 aliphatic rings. The third kappa shape index (κ3) is 2.80. The Morgan fingerprint density at radius 1 is 1.35 bits per heavy atom. The van der Waals surface area contributed by atoms with E-state index in [1.54, 1.807) is 11.3 Å². The van der Waals surface area contributed by atoms with Crippen LogP contribution in [-0.4, -0.2) is 23.2 Å². The van der Waals surface area contributed by atoms with Crippen molar-refractivity contribution in [2.45, 2.75) is 52.1 Å². The maximum Gasteiger partial charge on any atom is 0.185 e. The summed E-state index contributed by atoms with van der Waals surface area (Å²) in [6.07, 6.45) is 5.03. The lowest BCUT2D eigenvalue weighted by Crippen LogP contribution is -2.24. The molecular formula is C13H22N2OS. The van der Waals surface area contributed by atoms with Gasteiger partial charge < -0.3 is 10.0 Å². The Hall–Kier alpha value is -0.610. The molecule has 96 valence electrons. The Balaban J connectivity index is 2.19. The summed E-state index contributed by atoms with van der Waals surface area (Å²) in [4.78, 5) is 8.19.